The molecule has 0 aliphatic carbocycles. The molecule has 0 fully saturated rings. The van der Waals surface area contributed by atoms with Crippen molar-refractivity contribution in [1.82, 2.24) is 5.32 Å². The molecule has 0 aliphatic heterocycles. The second-order valence-corrected chi connectivity index (χ2v) is 7.41. The Morgan fingerprint density at radius 3 is 2.57 bits per heavy atom. The molecule has 1 aromatic carbocycles. The highest BCUT2D eigenvalue weighted by Gasteiger charge is 2.23. The molecule has 0 saturated carbocycles. The van der Waals surface area contributed by atoms with Crippen molar-refractivity contribution in [2.45, 2.75) is 25.3 Å². The van der Waals surface area contributed by atoms with Gasteiger partial charge in [0.2, 0.25) is 0 Å². The van der Waals surface area contributed by atoms with E-state index in [2.05, 4.69) is 10.0 Å². The van der Waals surface area contributed by atoms with Gasteiger partial charge < -0.3 is 5.32 Å². The van der Waals surface area contributed by atoms with E-state index in [1.54, 1.807) is 32.3 Å². The highest BCUT2D eigenvalue weighted by molar-refractivity contribution is 7.93. The van der Waals surface area contributed by atoms with E-state index in [4.69, 9.17) is 0 Å². The van der Waals surface area contributed by atoms with E-state index in [0.29, 0.717) is 17.7 Å². The molecule has 0 bridgehead atoms. The molecule has 1 heterocycles. The summed E-state index contributed by atoms with van der Waals surface area (Å²) in [6.07, 6.45) is 0. The maximum absolute atomic E-state index is 13.4. The van der Waals surface area contributed by atoms with Crippen LogP contribution in [-0.4, -0.2) is 15.5 Å². The maximum Gasteiger partial charge on any atom is 0.263 e. The third-order valence-electron chi connectivity index (χ3n) is 2.89. The number of thiophene rings is 1. The number of halogens is 1. The maximum atomic E-state index is 13.4. The standard InChI is InChI=1S/C14H17FN2O2S2/c1-9-4-11(15)6-12(5-9)17-21(18,19)14-10(2)8-20-13(14)7-16-3/h4-6,8,16-17H,7H2,1-3H3. The third-order valence-corrected chi connectivity index (χ3v) is 5.73. The average Bonchev–Trinajstić information content (AvgIpc) is 2.69. The van der Waals surface area contributed by atoms with E-state index < -0.39 is 15.8 Å². The Labute approximate surface area is 128 Å². The Morgan fingerprint density at radius 1 is 1.24 bits per heavy atom. The van der Waals surface area contributed by atoms with Crippen LogP contribution >= 0.6 is 11.3 Å². The van der Waals surface area contributed by atoms with E-state index >= 15 is 0 Å². The van der Waals surface area contributed by atoms with Gasteiger partial charge in [-0.1, -0.05) is 0 Å². The molecule has 2 N–H and O–H groups in total. The minimum absolute atomic E-state index is 0.230. The van der Waals surface area contributed by atoms with Gasteiger partial charge in [0.05, 0.1) is 5.69 Å². The van der Waals surface area contributed by atoms with Crippen LogP contribution in [0.2, 0.25) is 0 Å². The summed E-state index contributed by atoms with van der Waals surface area (Å²) < 4.78 is 40.9. The molecule has 0 spiro atoms. The van der Waals surface area contributed by atoms with Gasteiger partial charge in [-0.3, -0.25) is 4.72 Å². The SMILES string of the molecule is CNCc1scc(C)c1S(=O)(=O)Nc1cc(C)cc(F)c1. The van der Waals surface area contributed by atoms with Crippen LogP contribution in [0.3, 0.4) is 0 Å². The number of benzene rings is 1. The first-order valence-corrected chi connectivity index (χ1v) is 8.71. The Kier molecular flexibility index (Phi) is 4.65. The predicted octanol–water partition coefficient (Wildman–Crippen LogP) is 3.02. The molecule has 114 valence electrons. The van der Waals surface area contributed by atoms with E-state index in [0.717, 1.165) is 4.88 Å². The fraction of sp³-hybridized carbons (Fsp3) is 0.286. The highest BCUT2D eigenvalue weighted by atomic mass is 32.2. The molecule has 1 aromatic heterocycles. The lowest BCUT2D eigenvalue weighted by Gasteiger charge is -2.11. The number of nitrogens with one attached hydrogen (secondary N) is 2. The van der Waals surface area contributed by atoms with Gasteiger partial charge in [-0.05, 0) is 55.6 Å². The zero-order chi connectivity index (χ0) is 15.6. The Hall–Kier alpha value is -1.44. The van der Waals surface area contributed by atoms with Crippen molar-refractivity contribution in [3.63, 3.8) is 0 Å². The molecular formula is C14H17FN2O2S2. The fourth-order valence-corrected chi connectivity index (χ4v) is 5.00. The van der Waals surface area contributed by atoms with E-state index in [1.165, 1.54) is 23.5 Å². The number of rotatable bonds is 5. The summed E-state index contributed by atoms with van der Waals surface area (Å²) in [6, 6.07) is 4.12. The van der Waals surface area contributed by atoms with Crippen LogP contribution in [0.1, 0.15) is 16.0 Å². The smallest absolute Gasteiger partial charge is 0.263 e. The van der Waals surface area contributed by atoms with Gasteiger partial charge in [-0.15, -0.1) is 11.3 Å². The van der Waals surface area contributed by atoms with E-state index in [1.807, 2.05) is 0 Å². The summed E-state index contributed by atoms with van der Waals surface area (Å²) in [7, 11) is -1.97. The predicted molar refractivity (Wildman–Crippen MR) is 83.8 cm³/mol. The summed E-state index contributed by atoms with van der Waals surface area (Å²) in [5.74, 6) is -0.467. The van der Waals surface area contributed by atoms with Gasteiger partial charge in [0.25, 0.3) is 10.0 Å². The number of hydrogen-bond donors (Lipinski definition) is 2. The summed E-state index contributed by atoms with van der Waals surface area (Å²) in [6.45, 7) is 3.93. The van der Waals surface area contributed by atoms with Gasteiger partial charge >= 0.3 is 0 Å². The topological polar surface area (TPSA) is 58.2 Å². The third kappa shape index (κ3) is 3.61. The molecule has 4 nitrogen and oxygen atoms in total. The zero-order valence-corrected chi connectivity index (χ0v) is 13.7. The molecule has 0 saturated heterocycles. The molecular weight excluding hydrogens is 311 g/mol. The second kappa shape index (κ2) is 6.13. The molecule has 2 aromatic rings. The number of sulfonamides is 1. The average molecular weight is 328 g/mol. The number of anilines is 1. The summed E-state index contributed by atoms with van der Waals surface area (Å²) in [5.41, 5.74) is 1.57. The molecule has 0 aliphatic rings. The van der Waals surface area contributed by atoms with Crippen LogP contribution in [0, 0.1) is 19.7 Å². The van der Waals surface area contributed by atoms with Crippen molar-refractivity contribution in [3.05, 3.63) is 45.4 Å². The quantitative estimate of drug-likeness (QED) is 0.887. The van der Waals surface area contributed by atoms with Crippen molar-refractivity contribution in [3.8, 4) is 0 Å². The molecule has 0 amide bonds. The largest absolute Gasteiger partial charge is 0.315 e. The van der Waals surface area contributed by atoms with Gasteiger partial charge in [-0.25, -0.2) is 12.8 Å². The number of hydrogen-bond acceptors (Lipinski definition) is 4. The normalized spacial score (nSPS) is 11.6. The van der Waals surface area contributed by atoms with Gasteiger partial charge in [-0.2, -0.15) is 0 Å². The van der Waals surface area contributed by atoms with Crippen LogP contribution in [0.25, 0.3) is 0 Å². The van der Waals surface area contributed by atoms with Crippen molar-refractivity contribution in [1.29, 1.82) is 0 Å². The Morgan fingerprint density at radius 2 is 1.95 bits per heavy atom. The second-order valence-electron chi connectivity index (χ2n) is 4.82. The molecule has 0 unspecified atom stereocenters. The lowest BCUT2D eigenvalue weighted by molar-refractivity contribution is 0.599. The number of aryl methyl sites for hydroxylation is 2. The highest BCUT2D eigenvalue weighted by Crippen LogP contribution is 2.29. The van der Waals surface area contributed by atoms with Crippen molar-refractivity contribution < 1.29 is 12.8 Å². The lowest BCUT2D eigenvalue weighted by Crippen LogP contribution is -2.17. The monoisotopic (exact) mass is 328 g/mol. The molecule has 7 heteroatoms. The van der Waals surface area contributed by atoms with Crippen LogP contribution in [-0.2, 0) is 16.6 Å². The Bertz CT molecular complexity index is 734. The minimum atomic E-state index is -3.73. The van der Waals surface area contributed by atoms with Crippen LogP contribution < -0.4 is 10.0 Å². The fourth-order valence-electron chi connectivity index (χ4n) is 2.13. The van der Waals surface area contributed by atoms with Crippen molar-refractivity contribution in [2.75, 3.05) is 11.8 Å². The zero-order valence-electron chi connectivity index (χ0n) is 12.0. The summed E-state index contributed by atoms with van der Waals surface area (Å²) >= 11 is 1.39. The summed E-state index contributed by atoms with van der Waals surface area (Å²) in [5, 5.41) is 4.75. The van der Waals surface area contributed by atoms with Gasteiger partial charge in [0.1, 0.15) is 10.7 Å². The van der Waals surface area contributed by atoms with Gasteiger partial charge in [0, 0.05) is 11.4 Å². The van der Waals surface area contributed by atoms with Gasteiger partial charge in [0.15, 0.2) is 0 Å². The van der Waals surface area contributed by atoms with E-state index in [-0.39, 0.29) is 10.6 Å². The molecule has 0 atom stereocenters. The molecule has 2 rings (SSSR count). The van der Waals surface area contributed by atoms with Crippen molar-refractivity contribution in [2.24, 2.45) is 0 Å². The summed E-state index contributed by atoms with van der Waals surface area (Å²) in [4.78, 5) is 0.999. The first kappa shape index (κ1) is 15.9. The Balaban J connectivity index is 2.41. The first-order chi connectivity index (χ1) is 9.83. The van der Waals surface area contributed by atoms with Crippen LogP contribution in [0.5, 0.6) is 0 Å². The van der Waals surface area contributed by atoms with Crippen LogP contribution in [0.4, 0.5) is 10.1 Å². The minimum Gasteiger partial charge on any atom is -0.315 e. The van der Waals surface area contributed by atoms with E-state index in [9.17, 15) is 12.8 Å². The van der Waals surface area contributed by atoms with Crippen LogP contribution in [0.15, 0.2) is 28.5 Å². The first-order valence-electron chi connectivity index (χ1n) is 6.35. The molecule has 0 radical (unpaired) electrons. The molecule has 21 heavy (non-hydrogen) atoms. The lowest BCUT2D eigenvalue weighted by atomic mass is 10.2. The van der Waals surface area contributed by atoms with Crippen molar-refractivity contribution >= 4 is 27.0 Å².